The Morgan fingerprint density at radius 1 is 0.615 bits per heavy atom. The van der Waals surface area contributed by atoms with Crippen LogP contribution in [0.5, 0.6) is 0 Å². The summed E-state index contributed by atoms with van der Waals surface area (Å²) >= 11 is 0. The number of rotatable bonds is 20. The molecule has 0 rings (SSSR count). The van der Waals surface area contributed by atoms with E-state index in [4.69, 9.17) is 0 Å². The molecule has 0 spiro atoms. The molecule has 0 heterocycles. The molecular weight excluding hydrogens is 370 g/mol. The lowest BCUT2D eigenvalue weighted by Gasteiger charge is -2.04. The first-order chi connectivity index (χ1) is 12.6. The highest BCUT2D eigenvalue weighted by Gasteiger charge is 2.19. The summed E-state index contributed by atoms with van der Waals surface area (Å²) in [5.74, 6) is 0. The monoisotopic (exact) mass is 406 g/mol. The van der Waals surface area contributed by atoms with E-state index in [2.05, 4.69) is 0 Å². The first kappa shape index (κ1) is 25.8. The van der Waals surface area contributed by atoms with Crippen LogP contribution in [-0.4, -0.2) is 18.1 Å². The predicted octanol–water partition coefficient (Wildman–Crippen LogP) is 5.00. The molecule has 0 aromatic heterocycles. The fourth-order valence-electron chi connectivity index (χ4n) is 3.12. The molecule has 152 valence electrons. The molecule has 0 amide bonds. The highest BCUT2D eigenvalue weighted by Crippen LogP contribution is 2.22. The maximum absolute atomic E-state index is 10.7. The van der Waals surface area contributed by atoms with E-state index in [9.17, 15) is 23.7 Å². The maximum Gasteiger partial charge on any atom is 0.319 e. The smallest absolute Gasteiger partial charge is 0.319 e. The molecule has 26 heavy (non-hydrogen) atoms. The molecule has 0 aromatic rings. The normalized spacial score (nSPS) is 13.5. The van der Waals surface area contributed by atoms with E-state index in [0.717, 1.165) is 38.5 Å². The van der Waals surface area contributed by atoms with Crippen molar-refractivity contribution in [2.75, 3.05) is 6.16 Å². The van der Waals surface area contributed by atoms with E-state index in [0.29, 0.717) is 18.9 Å². The van der Waals surface area contributed by atoms with Crippen LogP contribution in [-0.2, 0) is 13.9 Å². The third-order valence-electron chi connectivity index (χ3n) is 4.77. The Kier molecular flexibility index (Phi) is 19.4. The van der Waals surface area contributed by atoms with E-state index >= 15 is 0 Å². The highest BCUT2D eigenvalue weighted by molar-refractivity contribution is 7.38. The zero-order valence-corrected chi connectivity index (χ0v) is 17.9. The van der Waals surface area contributed by atoms with Crippen LogP contribution in [0, 0.1) is 0 Å². The maximum atomic E-state index is 10.7. The van der Waals surface area contributed by atoms with Crippen molar-refractivity contribution in [2.45, 2.75) is 108 Å². The van der Waals surface area contributed by atoms with Gasteiger partial charge in [0.05, 0.1) is 0 Å². The quantitative estimate of drug-likeness (QED) is 0.161. The molecule has 7 heteroatoms. The fourth-order valence-corrected chi connectivity index (χ4v) is 4.09. The van der Waals surface area contributed by atoms with E-state index in [1.807, 2.05) is 0 Å². The number of unbranched alkanes of at least 4 members (excludes halogenated alkanes) is 14. The zero-order valence-electron chi connectivity index (χ0n) is 16.1. The van der Waals surface area contributed by atoms with Gasteiger partial charge in [0.15, 0.2) is 6.29 Å². The number of hydrogen-bond acceptors (Lipinski definition) is 5. The van der Waals surface area contributed by atoms with Crippen LogP contribution in [0.3, 0.4) is 0 Å². The summed E-state index contributed by atoms with van der Waals surface area (Å²) in [4.78, 5) is 31.7. The molecule has 0 saturated heterocycles. The molecule has 5 nitrogen and oxygen atoms in total. The first-order valence-electron chi connectivity index (χ1n) is 10.3. The summed E-state index contributed by atoms with van der Waals surface area (Å²) in [5, 5.41) is 0. The molecule has 0 radical (unpaired) electrons. The average Bonchev–Trinajstić information content (AvgIpc) is 2.60. The third-order valence-corrected chi connectivity index (χ3v) is 6.37. The molecular formula is C19H36O5P2. The summed E-state index contributed by atoms with van der Waals surface area (Å²) in [6.45, 7) is 0. The zero-order chi connectivity index (χ0) is 19.5. The number of carbonyl (C=O) groups is 1. The third kappa shape index (κ3) is 18.6. The van der Waals surface area contributed by atoms with Crippen molar-refractivity contribution >= 4 is 22.3 Å². The molecule has 0 saturated carbocycles. The van der Waals surface area contributed by atoms with Crippen molar-refractivity contribution in [2.24, 2.45) is 0 Å². The van der Waals surface area contributed by atoms with Crippen molar-refractivity contribution in [1.29, 1.82) is 0 Å². The second-order valence-electron chi connectivity index (χ2n) is 7.14. The van der Waals surface area contributed by atoms with Crippen LogP contribution in [0.1, 0.15) is 103 Å². The van der Waals surface area contributed by atoms with Gasteiger partial charge >= 0.3 is 16.1 Å². The van der Waals surface area contributed by atoms with Gasteiger partial charge in [-0.3, -0.25) is 4.79 Å². The van der Waals surface area contributed by atoms with Crippen LogP contribution in [0.4, 0.5) is 0 Å². The minimum Gasteiger partial charge on any atom is -0.596 e. The molecule has 3 unspecified atom stereocenters. The summed E-state index contributed by atoms with van der Waals surface area (Å²) in [6, 6.07) is 0. The van der Waals surface area contributed by atoms with Crippen LogP contribution < -0.4 is 9.79 Å². The van der Waals surface area contributed by atoms with Gasteiger partial charge in [0.1, 0.15) is 6.16 Å². The van der Waals surface area contributed by atoms with Gasteiger partial charge in [-0.15, -0.1) is 0 Å². The molecule has 0 fully saturated rings. The Hall–Kier alpha value is -0.210. The highest BCUT2D eigenvalue weighted by atomic mass is 31.1. The Morgan fingerprint density at radius 2 is 0.962 bits per heavy atom. The second kappa shape index (κ2) is 19.5. The van der Waals surface area contributed by atoms with Crippen LogP contribution >= 0.6 is 16.1 Å². The first-order valence-corrected chi connectivity index (χ1v) is 12.9. The van der Waals surface area contributed by atoms with Crippen LogP contribution in [0.15, 0.2) is 0 Å². The molecule has 0 aliphatic heterocycles. The molecule has 3 atom stereocenters. The van der Waals surface area contributed by atoms with Gasteiger partial charge in [-0.2, -0.15) is 0 Å². The summed E-state index contributed by atoms with van der Waals surface area (Å²) in [6.07, 6.45) is 18.7. The largest absolute Gasteiger partial charge is 0.596 e. The fraction of sp³-hybridized carbons (Fsp3) is 0.947. The average molecular weight is 406 g/mol. The van der Waals surface area contributed by atoms with Gasteiger partial charge in [0.25, 0.3) is 0 Å². The Labute approximate surface area is 161 Å². The standard InChI is InChI=1S/C19H36O5P2/c20-18-19(26(23)24)16-14-12-10-8-6-4-2-1-3-5-7-9-11-13-15-17-25(21)22/h18-19H,1-17H2. The summed E-state index contributed by atoms with van der Waals surface area (Å²) in [7, 11) is -4.78. The lowest BCUT2D eigenvalue weighted by molar-refractivity contribution is -0.167. The Morgan fingerprint density at radius 3 is 1.27 bits per heavy atom. The van der Waals surface area contributed by atoms with Gasteiger partial charge in [-0.25, -0.2) is 0 Å². The van der Waals surface area contributed by atoms with Crippen molar-refractivity contribution in [3.05, 3.63) is 0 Å². The summed E-state index contributed by atoms with van der Waals surface area (Å²) < 4.78 is 21.1. The van der Waals surface area contributed by atoms with Gasteiger partial charge in [-0.05, 0) is 19.3 Å². The van der Waals surface area contributed by atoms with Crippen LogP contribution in [0.2, 0.25) is 0 Å². The van der Waals surface area contributed by atoms with E-state index in [1.165, 1.54) is 57.8 Å². The lowest BCUT2D eigenvalue weighted by atomic mass is 10.0. The minimum absolute atomic E-state index is 0.343. The second-order valence-corrected chi connectivity index (χ2v) is 9.48. The Bertz CT molecular complexity index is 377. The van der Waals surface area contributed by atoms with Gasteiger partial charge in [0, 0.05) is 6.42 Å². The molecule has 0 aromatic carbocycles. The number of aldehydes is 1. The van der Waals surface area contributed by atoms with E-state index in [1.54, 1.807) is 0 Å². The predicted molar refractivity (Wildman–Crippen MR) is 104 cm³/mol. The molecule has 0 N–H and O–H groups in total. The molecule has 0 aliphatic carbocycles. The van der Waals surface area contributed by atoms with E-state index < -0.39 is 21.7 Å². The SMILES string of the molecule is O=CC(CCCCCCCCCCCCCCCCC[P+](=O)[O-])[P+](=O)[O-]. The minimum atomic E-state index is -2.60. The van der Waals surface area contributed by atoms with E-state index in [-0.39, 0.29) is 0 Å². The van der Waals surface area contributed by atoms with Crippen molar-refractivity contribution in [3.63, 3.8) is 0 Å². The molecule has 0 aliphatic rings. The summed E-state index contributed by atoms with van der Waals surface area (Å²) in [5.41, 5.74) is -0.784. The van der Waals surface area contributed by atoms with Gasteiger partial charge < -0.3 is 9.79 Å². The topological polar surface area (TPSA) is 97.3 Å². The van der Waals surface area contributed by atoms with Crippen molar-refractivity contribution in [3.8, 4) is 0 Å². The number of carbonyl (C=O) groups excluding carboxylic acids is 1. The van der Waals surface area contributed by atoms with Crippen molar-refractivity contribution < 1.29 is 23.7 Å². The van der Waals surface area contributed by atoms with Gasteiger partial charge in [-0.1, -0.05) is 86.2 Å². The van der Waals surface area contributed by atoms with Gasteiger partial charge in [0.2, 0.25) is 5.66 Å². The lowest BCUT2D eigenvalue weighted by Crippen LogP contribution is -2.09. The number of hydrogen-bond donors (Lipinski definition) is 0. The van der Waals surface area contributed by atoms with Crippen molar-refractivity contribution in [1.82, 2.24) is 0 Å². The van der Waals surface area contributed by atoms with Crippen LogP contribution in [0.25, 0.3) is 0 Å². The molecule has 0 bridgehead atoms. The Balaban J connectivity index is 3.14.